The maximum Gasteiger partial charge on any atom is 0.344 e. The van der Waals surface area contributed by atoms with Crippen LogP contribution in [0.4, 0.5) is 11.4 Å². The zero-order valence-electron chi connectivity index (χ0n) is 15.2. The number of methoxy groups -OCH3 is 1. The third-order valence-corrected chi connectivity index (χ3v) is 4.67. The molecule has 0 unspecified atom stereocenters. The average molecular weight is 350 g/mol. The molecule has 0 atom stereocenters. The number of hydrogen-bond donors (Lipinski definition) is 0. The lowest BCUT2D eigenvalue weighted by molar-refractivity contribution is -0.385. The summed E-state index contributed by atoms with van der Waals surface area (Å²) < 4.78 is 10.6. The Balaban J connectivity index is 2.73. The lowest BCUT2D eigenvalue weighted by Gasteiger charge is -2.46. The molecule has 0 fully saturated rings. The minimum atomic E-state index is -1.14. The van der Waals surface area contributed by atoms with Crippen LogP contribution in [0.1, 0.15) is 38.1 Å². The highest BCUT2D eigenvalue weighted by atomic mass is 16.6. The number of rotatable bonds is 4. The van der Waals surface area contributed by atoms with Crippen LogP contribution in [-0.4, -0.2) is 36.6 Å². The first-order chi connectivity index (χ1) is 11.6. The first-order valence-electron chi connectivity index (χ1n) is 7.95. The van der Waals surface area contributed by atoms with E-state index in [1.807, 2.05) is 27.7 Å². The van der Waals surface area contributed by atoms with E-state index < -0.39 is 22.2 Å². The topological polar surface area (TPSA) is 99.0 Å². The Hall–Kier alpha value is -2.64. The molecule has 1 heterocycles. The van der Waals surface area contributed by atoms with Gasteiger partial charge < -0.3 is 14.4 Å². The Bertz CT molecular complexity index is 733. The highest BCUT2D eigenvalue weighted by Gasteiger charge is 2.52. The molecule has 8 heteroatoms. The molecular weight excluding hydrogens is 328 g/mol. The number of amides is 1. The summed E-state index contributed by atoms with van der Waals surface area (Å²) >= 11 is 0. The summed E-state index contributed by atoms with van der Waals surface area (Å²) in [7, 11) is 2.70. The van der Waals surface area contributed by atoms with Crippen molar-refractivity contribution in [1.29, 1.82) is 0 Å². The fraction of sp³-hybridized carbons (Fsp3) is 0.529. The van der Waals surface area contributed by atoms with Gasteiger partial charge in [0, 0.05) is 18.9 Å². The molecule has 0 radical (unpaired) electrons. The van der Waals surface area contributed by atoms with Crippen molar-refractivity contribution in [2.45, 2.75) is 33.3 Å². The van der Waals surface area contributed by atoms with E-state index in [0.717, 1.165) is 7.11 Å². The van der Waals surface area contributed by atoms with Gasteiger partial charge in [-0.25, -0.2) is 4.79 Å². The summed E-state index contributed by atoms with van der Waals surface area (Å²) in [5, 5.41) is 11.4. The van der Waals surface area contributed by atoms with Gasteiger partial charge in [0.1, 0.15) is 5.56 Å². The molecule has 1 amide bonds. The predicted molar refractivity (Wildman–Crippen MR) is 90.9 cm³/mol. The van der Waals surface area contributed by atoms with Crippen LogP contribution in [0, 0.1) is 22.0 Å². The molecule has 1 aliphatic heterocycles. The van der Waals surface area contributed by atoms with Crippen LogP contribution >= 0.6 is 0 Å². The lowest BCUT2D eigenvalue weighted by Crippen LogP contribution is -2.61. The quantitative estimate of drug-likeness (QED) is 0.470. The van der Waals surface area contributed by atoms with Gasteiger partial charge in [-0.2, -0.15) is 0 Å². The van der Waals surface area contributed by atoms with Gasteiger partial charge in [0.2, 0.25) is 0 Å². The summed E-state index contributed by atoms with van der Waals surface area (Å²) in [4.78, 5) is 37.0. The van der Waals surface area contributed by atoms with E-state index in [1.165, 1.54) is 17.0 Å². The molecular formula is C17H22N2O6. The number of nitrogens with zero attached hydrogens (tertiary/aromatic N) is 2. The smallest absolute Gasteiger partial charge is 0.344 e. The number of anilines is 1. The van der Waals surface area contributed by atoms with Crippen molar-refractivity contribution in [1.82, 2.24) is 0 Å². The van der Waals surface area contributed by atoms with Crippen LogP contribution < -0.4 is 9.64 Å². The number of nitro groups is 1. The first kappa shape index (κ1) is 18.7. The van der Waals surface area contributed by atoms with Gasteiger partial charge in [-0.05, 0) is 6.07 Å². The number of likely N-dealkylation sites (N-methyl/N-ethyl adjacent to an activating group) is 1. The van der Waals surface area contributed by atoms with E-state index in [2.05, 4.69) is 4.74 Å². The zero-order chi connectivity index (χ0) is 19.1. The third kappa shape index (κ3) is 2.71. The summed E-state index contributed by atoms with van der Waals surface area (Å²) in [6.07, 6.45) is 0. The number of benzene rings is 1. The maximum absolute atomic E-state index is 13.0. The number of carbonyl (C=O) groups is 2. The number of carbonyl (C=O) groups excluding carboxylic acids is 2. The summed E-state index contributed by atoms with van der Waals surface area (Å²) in [6, 6.07) is 2.45. The van der Waals surface area contributed by atoms with Crippen molar-refractivity contribution in [2.75, 3.05) is 19.1 Å². The van der Waals surface area contributed by atoms with Gasteiger partial charge in [0.25, 0.3) is 11.6 Å². The van der Waals surface area contributed by atoms with Crippen LogP contribution in [0.5, 0.6) is 5.75 Å². The van der Waals surface area contributed by atoms with Crippen molar-refractivity contribution in [3.05, 3.63) is 27.8 Å². The van der Waals surface area contributed by atoms with Gasteiger partial charge in [0.05, 0.1) is 23.8 Å². The minimum Gasteiger partial charge on any atom is -0.474 e. The van der Waals surface area contributed by atoms with Crippen molar-refractivity contribution in [3.8, 4) is 5.75 Å². The van der Waals surface area contributed by atoms with Gasteiger partial charge >= 0.3 is 5.97 Å². The molecule has 25 heavy (non-hydrogen) atoms. The van der Waals surface area contributed by atoms with E-state index >= 15 is 0 Å². The van der Waals surface area contributed by atoms with Crippen molar-refractivity contribution >= 4 is 23.3 Å². The van der Waals surface area contributed by atoms with Gasteiger partial charge in [-0.1, -0.05) is 27.7 Å². The number of nitro benzene ring substituents is 1. The predicted octanol–water partition coefficient (Wildman–Crippen LogP) is 2.79. The highest BCUT2D eigenvalue weighted by molar-refractivity contribution is 6.05. The van der Waals surface area contributed by atoms with Crippen LogP contribution in [0.15, 0.2) is 12.1 Å². The van der Waals surface area contributed by atoms with E-state index in [-0.39, 0.29) is 29.1 Å². The molecule has 0 aliphatic carbocycles. The Labute approximate surface area is 145 Å². The van der Waals surface area contributed by atoms with Crippen LogP contribution in [0.2, 0.25) is 0 Å². The second-order valence-electron chi connectivity index (χ2n) is 6.65. The normalized spacial score (nSPS) is 15.8. The van der Waals surface area contributed by atoms with Gasteiger partial charge in [-0.3, -0.25) is 14.9 Å². The van der Waals surface area contributed by atoms with Crippen LogP contribution in [0.3, 0.4) is 0 Å². The van der Waals surface area contributed by atoms with E-state index in [9.17, 15) is 19.7 Å². The van der Waals surface area contributed by atoms with Crippen LogP contribution in [0.25, 0.3) is 0 Å². The van der Waals surface area contributed by atoms with E-state index in [1.54, 1.807) is 7.05 Å². The number of hydrogen-bond acceptors (Lipinski definition) is 6. The molecule has 0 N–H and O–H groups in total. The maximum atomic E-state index is 13.0. The molecule has 136 valence electrons. The molecule has 1 aromatic carbocycles. The zero-order valence-corrected chi connectivity index (χ0v) is 15.2. The molecule has 0 saturated heterocycles. The highest BCUT2D eigenvalue weighted by Crippen LogP contribution is 2.46. The molecule has 2 rings (SSSR count). The molecule has 0 spiro atoms. The standard InChI is InChI=1S/C17H22N2O6/c1-9(2)17(10(3)4)16(21)18(5)13-7-11(15(20)24-6)12(19(22)23)8-14(13)25-17/h7-10H,1-6H3. The fourth-order valence-electron chi connectivity index (χ4n) is 3.32. The summed E-state index contributed by atoms with van der Waals surface area (Å²) in [6.45, 7) is 7.48. The number of esters is 1. The van der Waals surface area contributed by atoms with Gasteiger partial charge in [0.15, 0.2) is 11.4 Å². The summed E-state index contributed by atoms with van der Waals surface area (Å²) in [5.74, 6) is -1.22. The van der Waals surface area contributed by atoms with Crippen molar-refractivity contribution < 1.29 is 24.0 Å². The lowest BCUT2D eigenvalue weighted by atomic mass is 9.78. The Morgan fingerprint density at radius 1 is 1.28 bits per heavy atom. The van der Waals surface area contributed by atoms with E-state index in [0.29, 0.717) is 5.69 Å². The average Bonchev–Trinajstić information content (AvgIpc) is 2.55. The Kier molecular flexibility index (Phi) is 4.74. The second-order valence-corrected chi connectivity index (χ2v) is 6.65. The Morgan fingerprint density at radius 3 is 2.28 bits per heavy atom. The Morgan fingerprint density at radius 2 is 1.84 bits per heavy atom. The number of fused-ring (bicyclic) bond motifs is 1. The van der Waals surface area contributed by atoms with Crippen molar-refractivity contribution in [2.24, 2.45) is 11.8 Å². The molecule has 8 nitrogen and oxygen atoms in total. The monoisotopic (exact) mass is 350 g/mol. The molecule has 1 aromatic rings. The van der Waals surface area contributed by atoms with E-state index in [4.69, 9.17) is 4.74 Å². The molecule has 0 aromatic heterocycles. The van der Waals surface area contributed by atoms with Gasteiger partial charge in [-0.15, -0.1) is 0 Å². The summed E-state index contributed by atoms with van der Waals surface area (Å²) in [5.41, 5.74) is -1.48. The largest absolute Gasteiger partial charge is 0.474 e. The SMILES string of the molecule is COC(=O)c1cc2c(cc1[N+](=O)[O-])OC(C(C)C)(C(C)C)C(=O)N2C. The minimum absolute atomic E-state index is 0.157. The fourth-order valence-corrected chi connectivity index (χ4v) is 3.32. The molecule has 1 aliphatic rings. The first-order valence-corrected chi connectivity index (χ1v) is 7.95. The third-order valence-electron chi connectivity index (χ3n) is 4.67. The van der Waals surface area contributed by atoms with Crippen LogP contribution in [-0.2, 0) is 9.53 Å². The number of ether oxygens (including phenoxy) is 2. The van der Waals surface area contributed by atoms with Crippen molar-refractivity contribution in [3.63, 3.8) is 0 Å². The molecule has 0 bridgehead atoms. The molecule has 0 saturated carbocycles. The second kappa shape index (κ2) is 6.34.